The summed E-state index contributed by atoms with van der Waals surface area (Å²) < 4.78 is 37.9. The summed E-state index contributed by atoms with van der Waals surface area (Å²) in [6, 6.07) is 4.79. The molecule has 9 nitrogen and oxygen atoms in total. The number of thioether (sulfide) groups is 1. The third-order valence-corrected chi connectivity index (χ3v) is 5.54. The lowest BCUT2D eigenvalue weighted by atomic mass is 10.1. The van der Waals surface area contributed by atoms with Crippen LogP contribution in [0.1, 0.15) is 10.4 Å². The van der Waals surface area contributed by atoms with Crippen LogP contribution in [0.5, 0.6) is 11.5 Å². The van der Waals surface area contributed by atoms with Crippen LogP contribution in [0.15, 0.2) is 47.9 Å². The molecular formula is C19H14F2N6O3S. The van der Waals surface area contributed by atoms with Gasteiger partial charge >= 0.3 is 6.61 Å². The summed E-state index contributed by atoms with van der Waals surface area (Å²) in [7, 11) is 0. The van der Waals surface area contributed by atoms with Gasteiger partial charge in [-0.25, -0.2) is 9.50 Å². The standard InChI is InChI=1S/C19H14F2N6O3S/c20-19(21)30-13-7-15-14(29-4-5-31-15)6-10(13)16-12(9-23-26-16)25-18(28)11-8-24-27-3-1-2-22-17(11)27/h1-3,6-9,19H,4-5H2,(H,23,26)(H,25,28). The molecule has 4 aromatic rings. The molecule has 0 atom stereocenters. The van der Waals surface area contributed by atoms with E-state index < -0.39 is 12.5 Å². The van der Waals surface area contributed by atoms with Gasteiger partial charge in [0.2, 0.25) is 0 Å². The molecule has 1 aliphatic rings. The maximum absolute atomic E-state index is 13.0. The van der Waals surface area contributed by atoms with Crippen molar-refractivity contribution in [1.29, 1.82) is 0 Å². The first-order valence-electron chi connectivity index (χ1n) is 9.12. The summed E-state index contributed by atoms with van der Waals surface area (Å²) in [5.74, 6) is 0.729. The van der Waals surface area contributed by atoms with E-state index in [0.29, 0.717) is 34.3 Å². The zero-order valence-corrected chi connectivity index (χ0v) is 16.5. The molecule has 12 heteroatoms. The number of nitrogens with one attached hydrogen (secondary N) is 2. The minimum absolute atomic E-state index is 0.0517. The van der Waals surface area contributed by atoms with Crippen molar-refractivity contribution in [2.75, 3.05) is 17.7 Å². The van der Waals surface area contributed by atoms with Gasteiger partial charge in [-0.15, -0.1) is 11.8 Å². The van der Waals surface area contributed by atoms with Crippen LogP contribution < -0.4 is 14.8 Å². The van der Waals surface area contributed by atoms with Crippen LogP contribution in [-0.2, 0) is 0 Å². The molecular weight excluding hydrogens is 430 g/mol. The van der Waals surface area contributed by atoms with Gasteiger partial charge in [0.25, 0.3) is 5.91 Å². The van der Waals surface area contributed by atoms with E-state index in [2.05, 4.69) is 25.6 Å². The average Bonchev–Trinajstić information content (AvgIpc) is 3.40. The number of amides is 1. The molecule has 0 unspecified atom stereocenters. The lowest BCUT2D eigenvalue weighted by Crippen LogP contribution is -2.13. The van der Waals surface area contributed by atoms with Crippen LogP contribution in [-0.4, -0.2) is 49.7 Å². The molecule has 0 saturated carbocycles. The van der Waals surface area contributed by atoms with Crippen LogP contribution >= 0.6 is 11.8 Å². The van der Waals surface area contributed by atoms with Gasteiger partial charge in [0.05, 0.1) is 35.3 Å². The molecule has 31 heavy (non-hydrogen) atoms. The molecule has 0 aliphatic carbocycles. The number of nitrogens with zero attached hydrogens (tertiary/aromatic N) is 4. The predicted molar refractivity (Wildman–Crippen MR) is 108 cm³/mol. The van der Waals surface area contributed by atoms with Crippen molar-refractivity contribution < 1.29 is 23.0 Å². The van der Waals surface area contributed by atoms with Gasteiger partial charge in [-0.2, -0.15) is 19.0 Å². The summed E-state index contributed by atoms with van der Waals surface area (Å²) in [6.07, 6.45) is 6.00. The SMILES string of the molecule is O=C(Nc1cn[nH]c1-c1cc2c(cc1OC(F)F)SCCO2)c1cnn2cccnc12. The number of alkyl halides is 2. The molecule has 158 valence electrons. The van der Waals surface area contributed by atoms with E-state index >= 15 is 0 Å². The number of carbonyl (C=O) groups is 1. The van der Waals surface area contributed by atoms with Crippen LogP contribution in [0.3, 0.4) is 0 Å². The van der Waals surface area contributed by atoms with Crippen LogP contribution in [0.4, 0.5) is 14.5 Å². The Hall–Kier alpha value is -3.67. The van der Waals surface area contributed by atoms with Gasteiger partial charge in [-0.1, -0.05) is 0 Å². The zero-order valence-electron chi connectivity index (χ0n) is 15.7. The number of fused-ring (bicyclic) bond motifs is 2. The van der Waals surface area contributed by atoms with E-state index in [9.17, 15) is 13.6 Å². The molecule has 5 rings (SSSR count). The number of aromatic amines is 1. The topological polar surface area (TPSA) is 106 Å². The van der Waals surface area contributed by atoms with E-state index in [-0.39, 0.29) is 22.6 Å². The number of carbonyl (C=O) groups excluding carboxylic acids is 1. The molecule has 0 saturated heterocycles. The average molecular weight is 444 g/mol. The Morgan fingerprint density at radius 3 is 3.13 bits per heavy atom. The Labute approximate surface area is 177 Å². The second-order valence-corrected chi connectivity index (χ2v) is 7.57. The molecule has 0 bridgehead atoms. The van der Waals surface area contributed by atoms with E-state index in [0.717, 1.165) is 0 Å². The molecule has 3 aromatic heterocycles. The Morgan fingerprint density at radius 1 is 1.35 bits per heavy atom. The third kappa shape index (κ3) is 3.65. The highest BCUT2D eigenvalue weighted by Gasteiger charge is 2.23. The number of hydrogen-bond donors (Lipinski definition) is 2. The summed E-state index contributed by atoms with van der Waals surface area (Å²) in [6.45, 7) is -2.52. The molecule has 0 spiro atoms. The maximum atomic E-state index is 13.0. The summed E-state index contributed by atoms with van der Waals surface area (Å²) in [4.78, 5) is 17.7. The summed E-state index contributed by atoms with van der Waals surface area (Å²) in [5, 5.41) is 13.5. The highest BCUT2D eigenvalue weighted by Crippen LogP contribution is 2.44. The minimum Gasteiger partial charge on any atom is -0.492 e. The number of benzene rings is 1. The van der Waals surface area contributed by atoms with E-state index in [1.807, 2.05) is 0 Å². The van der Waals surface area contributed by atoms with Gasteiger partial charge in [-0.3, -0.25) is 9.89 Å². The fourth-order valence-corrected chi connectivity index (χ4v) is 4.06. The van der Waals surface area contributed by atoms with Crippen LogP contribution in [0.2, 0.25) is 0 Å². The number of hydrogen-bond acceptors (Lipinski definition) is 7. The maximum Gasteiger partial charge on any atom is 0.387 e. The fourth-order valence-electron chi connectivity index (χ4n) is 3.22. The van der Waals surface area contributed by atoms with Crippen molar-refractivity contribution in [2.45, 2.75) is 11.5 Å². The van der Waals surface area contributed by atoms with Crippen molar-refractivity contribution in [1.82, 2.24) is 24.8 Å². The minimum atomic E-state index is -3.02. The Morgan fingerprint density at radius 2 is 2.26 bits per heavy atom. The summed E-state index contributed by atoms with van der Waals surface area (Å²) in [5.41, 5.74) is 1.50. The number of halogens is 2. The quantitative estimate of drug-likeness (QED) is 0.486. The molecule has 0 radical (unpaired) electrons. The number of aromatic nitrogens is 5. The van der Waals surface area contributed by atoms with Gasteiger partial charge in [-0.05, 0) is 18.2 Å². The molecule has 1 amide bonds. The van der Waals surface area contributed by atoms with Gasteiger partial charge in [0.1, 0.15) is 17.1 Å². The lowest BCUT2D eigenvalue weighted by Gasteiger charge is -2.20. The Balaban J connectivity index is 1.52. The molecule has 1 aliphatic heterocycles. The Kier molecular flexibility index (Phi) is 4.90. The van der Waals surface area contributed by atoms with Crippen molar-refractivity contribution >= 4 is 29.0 Å². The molecule has 1 aromatic carbocycles. The van der Waals surface area contributed by atoms with E-state index in [1.165, 1.54) is 34.7 Å². The smallest absolute Gasteiger partial charge is 0.387 e. The van der Waals surface area contributed by atoms with Gasteiger partial charge < -0.3 is 14.8 Å². The second kappa shape index (κ2) is 7.87. The van der Waals surface area contributed by atoms with Crippen molar-refractivity contribution in [3.63, 3.8) is 0 Å². The number of rotatable bonds is 5. The first-order valence-corrected chi connectivity index (χ1v) is 10.1. The van der Waals surface area contributed by atoms with E-state index in [4.69, 9.17) is 9.47 Å². The first kappa shape index (κ1) is 19.3. The number of anilines is 1. The zero-order chi connectivity index (χ0) is 21.4. The van der Waals surface area contributed by atoms with Crippen LogP contribution in [0.25, 0.3) is 16.9 Å². The van der Waals surface area contributed by atoms with Gasteiger partial charge in [0, 0.05) is 23.7 Å². The fraction of sp³-hybridized carbons (Fsp3) is 0.158. The second-order valence-electron chi connectivity index (χ2n) is 6.43. The largest absolute Gasteiger partial charge is 0.492 e. The van der Waals surface area contributed by atoms with E-state index in [1.54, 1.807) is 24.5 Å². The first-order chi connectivity index (χ1) is 15.1. The molecule has 4 heterocycles. The third-order valence-electron chi connectivity index (χ3n) is 4.54. The van der Waals surface area contributed by atoms with Gasteiger partial charge in [0.15, 0.2) is 5.65 Å². The van der Waals surface area contributed by atoms with Crippen molar-refractivity contribution in [3.8, 4) is 22.8 Å². The highest BCUT2D eigenvalue weighted by atomic mass is 32.2. The lowest BCUT2D eigenvalue weighted by molar-refractivity contribution is -0.0496. The van der Waals surface area contributed by atoms with Crippen LogP contribution in [0, 0.1) is 0 Å². The van der Waals surface area contributed by atoms with Crippen molar-refractivity contribution in [2.24, 2.45) is 0 Å². The Bertz CT molecular complexity index is 1270. The van der Waals surface area contributed by atoms with Crippen molar-refractivity contribution in [3.05, 3.63) is 48.5 Å². The predicted octanol–water partition coefficient (Wildman–Crippen LogP) is 3.46. The number of H-pyrrole nitrogens is 1. The molecule has 2 N–H and O–H groups in total. The normalized spacial score (nSPS) is 13.1. The number of ether oxygens (including phenoxy) is 2. The summed E-state index contributed by atoms with van der Waals surface area (Å²) >= 11 is 1.49. The highest BCUT2D eigenvalue weighted by molar-refractivity contribution is 7.99. The molecule has 0 fully saturated rings. The monoisotopic (exact) mass is 444 g/mol.